The molecule has 14 heteroatoms. The minimum absolute atomic E-state index is 0.115. The van der Waals surface area contributed by atoms with E-state index in [1.807, 2.05) is 0 Å². The van der Waals surface area contributed by atoms with Crippen LogP contribution in [-0.4, -0.2) is 43.7 Å². The van der Waals surface area contributed by atoms with Crippen LogP contribution in [0.15, 0.2) is 72.1 Å². The van der Waals surface area contributed by atoms with Crippen LogP contribution in [-0.2, 0) is 9.53 Å². The van der Waals surface area contributed by atoms with Crippen LogP contribution in [0, 0.1) is 23.5 Å². The molecule has 2 aromatic heterocycles. The molecule has 0 aliphatic carbocycles. The molecule has 1 aliphatic heterocycles. The van der Waals surface area contributed by atoms with Gasteiger partial charge in [0.1, 0.15) is 17.3 Å². The Kier molecular flexibility index (Phi) is 6.87. The van der Waals surface area contributed by atoms with E-state index in [2.05, 4.69) is 37.1 Å². The van der Waals surface area contributed by atoms with E-state index in [-0.39, 0.29) is 11.3 Å². The van der Waals surface area contributed by atoms with E-state index in [1.54, 1.807) is 41.2 Å². The average molecular weight is 554 g/mol. The number of alkyl halides is 3. The van der Waals surface area contributed by atoms with Gasteiger partial charge in [-0.05, 0) is 53.9 Å². The van der Waals surface area contributed by atoms with Crippen LogP contribution < -0.4 is 5.32 Å². The number of carbonyl (C=O) groups is 2. The van der Waals surface area contributed by atoms with Crippen LogP contribution >= 0.6 is 0 Å². The van der Waals surface area contributed by atoms with Gasteiger partial charge in [-0.2, -0.15) is 18.3 Å². The van der Waals surface area contributed by atoms with Gasteiger partial charge in [0.05, 0.1) is 18.7 Å². The number of amides is 2. The molecule has 5 rings (SSSR count). The molecular weight excluding hydrogens is 539 g/mol. The minimum atomic E-state index is -5.32. The lowest BCUT2D eigenvalue weighted by Crippen LogP contribution is -2.31. The molecule has 0 spiro atoms. The lowest BCUT2D eigenvalue weighted by molar-refractivity contribution is -0.191. The zero-order valence-corrected chi connectivity index (χ0v) is 20.0. The van der Waals surface area contributed by atoms with Gasteiger partial charge < -0.3 is 10.1 Å². The Labute approximate surface area is 221 Å². The second kappa shape index (κ2) is 10.4. The highest BCUT2D eigenvalue weighted by atomic mass is 19.4. The topological polar surface area (TPSA) is 101 Å². The Balaban J connectivity index is 1.39. The van der Waals surface area contributed by atoms with Crippen molar-refractivity contribution in [3.63, 3.8) is 0 Å². The summed E-state index contributed by atoms with van der Waals surface area (Å²) in [5.41, 5.74) is 1.72. The van der Waals surface area contributed by atoms with Crippen LogP contribution in [0.2, 0.25) is 0 Å². The van der Waals surface area contributed by atoms with Crippen molar-refractivity contribution >= 4 is 29.2 Å². The highest BCUT2D eigenvalue weighted by molar-refractivity contribution is 5.96. The van der Waals surface area contributed by atoms with Crippen molar-refractivity contribution in [2.24, 2.45) is 5.10 Å². The highest BCUT2D eigenvalue weighted by Crippen LogP contribution is 2.33. The molecular formula is C26H15F5N6O3. The van der Waals surface area contributed by atoms with E-state index in [1.165, 1.54) is 12.1 Å². The first-order valence-electron chi connectivity index (χ1n) is 11.4. The Morgan fingerprint density at radius 3 is 2.55 bits per heavy atom. The fourth-order valence-electron chi connectivity index (χ4n) is 3.83. The van der Waals surface area contributed by atoms with Gasteiger partial charge in [0.2, 0.25) is 5.90 Å². The smallest absolute Gasteiger partial charge is 0.403 e. The quantitative estimate of drug-likeness (QED) is 0.218. The van der Waals surface area contributed by atoms with Crippen molar-refractivity contribution in [2.45, 2.75) is 18.6 Å². The molecule has 0 bridgehead atoms. The third kappa shape index (κ3) is 5.73. The summed E-state index contributed by atoms with van der Waals surface area (Å²) in [6.45, 7) is 0. The summed E-state index contributed by atoms with van der Waals surface area (Å²) in [4.78, 5) is 28.6. The van der Waals surface area contributed by atoms with Gasteiger partial charge in [-0.3, -0.25) is 0 Å². The van der Waals surface area contributed by atoms with Crippen LogP contribution in [0.4, 0.5) is 32.4 Å². The number of hydrogen-bond acceptors (Lipinski definition) is 6. The van der Waals surface area contributed by atoms with E-state index in [4.69, 9.17) is 0 Å². The maximum absolute atomic E-state index is 13.9. The number of ether oxygens (including phenoxy) is 1. The molecule has 2 aromatic carbocycles. The number of imidazole rings is 1. The third-order valence-electron chi connectivity index (χ3n) is 5.53. The number of rotatable bonds is 2. The van der Waals surface area contributed by atoms with Crippen molar-refractivity contribution in [2.75, 3.05) is 5.32 Å². The number of nitrogens with one attached hydrogen (secondary N) is 1. The normalized spacial score (nSPS) is 14.9. The maximum atomic E-state index is 13.9. The first-order valence-corrected chi connectivity index (χ1v) is 11.4. The average Bonchev–Trinajstić information content (AvgIpc) is 3.51. The zero-order valence-electron chi connectivity index (χ0n) is 20.0. The number of aromatic nitrogens is 3. The van der Waals surface area contributed by atoms with Crippen molar-refractivity contribution in [3.8, 4) is 11.8 Å². The fourth-order valence-corrected chi connectivity index (χ4v) is 3.83. The molecule has 202 valence electrons. The molecule has 40 heavy (non-hydrogen) atoms. The van der Waals surface area contributed by atoms with Gasteiger partial charge >= 0.3 is 18.2 Å². The predicted molar refractivity (Wildman–Crippen MR) is 130 cm³/mol. The molecule has 1 N–H and O–H groups in total. The van der Waals surface area contributed by atoms with Crippen LogP contribution in [0.1, 0.15) is 29.3 Å². The Morgan fingerprint density at radius 2 is 1.80 bits per heavy atom. The maximum Gasteiger partial charge on any atom is 0.491 e. The van der Waals surface area contributed by atoms with Gasteiger partial charge in [-0.15, -0.1) is 5.10 Å². The molecule has 9 nitrogen and oxygen atoms in total. The summed E-state index contributed by atoms with van der Waals surface area (Å²) in [6.07, 6.45) is -2.74. The zero-order chi connectivity index (χ0) is 28.4. The Morgan fingerprint density at radius 1 is 1.02 bits per heavy atom. The fraction of sp³-hybridized carbons (Fsp3) is 0.115. The SMILES string of the molecule is O=C(Nc1cccc(C#Cc2cnc3cccnn23)c1)N1N=C(OC(=O)C(F)(F)F)C[C@@H]1c1cc(F)cc(F)c1. The molecule has 0 saturated carbocycles. The molecule has 0 fully saturated rings. The highest BCUT2D eigenvalue weighted by Gasteiger charge is 2.44. The summed E-state index contributed by atoms with van der Waals surface area (Å²) in [6, 6.07) is 9.91. The van der Waals surface area contributed by atoms with Gasteiger partial charge in [-0.25, -0.2) is 32.9 Å². The number of halogens is 5. The standard InChI is InChI=1S/C26H15F5N6O3/c27-17-10-16(11-18(28)12-17)21-13-23(40-24(38)26(29,30)31)35-37(21)25(39)34-19-4-1-3-15(9-19)6-7-20-14-32-22-5-2-8-33-36(20)22/h1-5,8-12,14,21H,13H2,(H,34,39)/t21-/m1/s1. The number of hydrogen-bond donors (Lipinski definition) is 1. The largest absolute Gasteiger partial charge is 0.491 e. The summed E-state index contributed by atoms with van der Waals surface area (Å²) >= 11 is 0. The van der Waals surface area contributed by atoms with Crippen molar-refractivity contribution in [3.05, 3.63) is 95.4 Å². The number of urea groups is 1. The van der Waals surface area contributed by atoms with E-state index >= 15 is 0 Å². The van der Waals surface area contributed by atoms with E-state index < -0.39 is 48.2 Å². The number of fused-ring (bicyclic) bond motifs is 1. The molecule has 0 saturated heterocycles. The van der Waals surface area contributed by atoms with E-state index in [0.29, 0.717) is 28.0 Å². The molecule has 1 atom stereocenters. The van der Waals surface area contributed by atoms with E-state index in [9.17, 15) is 31.5 Å². The number of hydrazone groups is 1. The molecule has 2 amide bonds. The molecule has 4 aromatic rings. The molecule has 1 aliphatic rings. The van der Waals surface area contributed by atoms with Gasteiger partial charge in [-0.1, -0.05) is 12.0 Å². The Hall–Kier alpha value is -5.32. The van der Waals surface area contributed by atoms with Gasteiger partial charge in [0, 0.05) is 23.5 Å². The number of nitrogens with zero attached hydrogens (tertiary/aromatic N) is 5. The van der Waals surface area contributed by atoms with Gasteiger partial charge in [0.25, 0.3) is 0 Å². The van der Waals surface area contributed by atoms with Crippen LogP contribution in [0.5, 0.6) is 0 Å². The number of benzene rings is 2. The van der Waals surface area contributed by atoms with Crippen molar-refractivity contribution in [1.29, 1.82) is 0 Å². The Bertz CT molecular complexity index is 1700. The lowest BCUT2D eigenvalue weighted by Gasteiger charge is -2.22. The summed E-state index contributed by atoms with van der Waals surface area (Å²) in [5.74, 6) is 0.575. The predicted octanol–water partition coefficient (Wildman–Crippen LogP) is 4.81. The molecule has 3 heterocycles. The van der Waals surface area contributed by atoms with E-state index in [0.717, 1.165) is 12.1 Å². The summed E-state index contributed by atoms with van der Waals surface area (Å²) < 4.78 is 71.7. The summed E-state index contributed by atoms with van der Waals surface area (Å²) in [7, 11) is 0. The van der Waals surface area contributed by atoms with Crippen molar-refractivity contribution in [1.82, 2.24) is 19.6 Å². The second-order valence-electron chi connectivity index (χ2n) is 8.35. The number of carbonyl (C=O) groups excluding carboxylic acids is 2. The number of anilines is 1. The van der Waals surface area contributed by atoms with Crippen molar-refractivity contribution < 1.29 is 36.3 Å². The van der Waals surface area contributed by atoms with Crippen LogP contribution in [0.25, 0.3) is 5.65 Å². The second-order valence-corrected chi connectivity index (χ2v) is 8.35. The molecule has 0 radical (unpaired) electrons. The monoisotopic (exact) mass is 554 g/mol. The third-order valence-corrected chi connectivity index (χ3v) is 5.53. The first kappa shape index (κ1) is 26.3. The first-order chi connectivity index (χ1) is 19.1. The number of esters is 1. The van der Waals surface area contributed by atoms with Gasteiger partial charge in [0.15, 0.2) is 5.65 Å². The molecule has 0 unspecified atom stereocenters. The lowest BCUT2D eigenvalue weighted by atomic mass is 10.0. The minimum Gasteiger partial charge on any atom is -0.403 e. The summed E-state index contributed by atoms with van der Waals surface area (Å²) in [5, 5.41) is 11.0. The van der Waals surface area contributed by atoms with Crippen LogP contribution in [0.3, 0.4) is 0 Å².